The summed E-state index contributed by atoms with van der Waals surface area (Å²) in [4.78, 5) is 24.4. The van der Waals surface area contributed by atoms with E-state index in [2.05, 4.69) is 5.32 Å². The molecule has 1 heterocycles. The Kier molecular flexibility index (Phi) is 2.40. The van der Waals surface area contributed by atoms with E-state index < -0.39 is 17.7 Å². The van der Waals surface area contributed by atoms with Gasteiger partial charge < -0.3 is 4.74 Å². The highest BCUT2D eigenvalue weighted by Gasteiger charge is 2.51. The number of likely N-dealkylation sites (N-methyl/N-ethyl adjacent to an activating group) is 1. The Morgan fingerprint density at radius 3 is 2.31 bits per heavy atom. The summed E-state index contributed by atoms with van der Waals surface area (Å²) in [6, 6.07) is 8.41. The molecule has 1 atom stereocenters. The van der Waals surface area contributed by atoms with Crippen LogP contribution >= 0.6 is 0 Å². The zero-order valence-corrected chi connectivity index (χ0v) is 9.06. The molecule has 5 nitrogen and oxygen atoms in total. The summed E-state index contributed by atoms with van der Waals surface area (Å²) in [5.41, 5.74) is -0.771. The van der Waals surface area contributed by atoms with Gasteiger partial charge in [-0.1, -0.05) is 30.3 Å². The van der Waals surface area contributed by atoms with E-state index in [0.717, 1.165) is 4.90 Å². The predicted octanol–water partition coefficient (Wildman–Crippen LogP) is 0.667. The van der Waals surface area contributed by atoms with Crippen LogP contribution in [0.2, 0.25) is 0 Å². The maximum absolute atomic E-state index is 12.0. The van der Waals surface area contributed by atoms with Crippen LogP contribution in [0.4, 0.5) is 4.79 Å². The van der Waals surface area contributed by atoms with Crippen LogP contribution < -0.4 is 5.32 Å². The molecule has 0 aromatic heterocycles. The highest BCUT2D eigenvalue weighted by atomic mass is 16.5. The Morgan fingerprint density at radius 2 is 1.88 bits per heavy atom. The monoisotopic (exact) mass is 220 g/mol. The summed E-state index contributed by atoms with van der Waals surface area (Å²) in [5.74, 6) is -0.411. The lowest BCUT2D eigenvalue weighted by molar-refractivity contribution is -0.148. The molecule has 1 aromatic rings. The maximum Gasteiger partial charge on any atom is 0.326 e. The fourth-order valence-corrected chi connectivity index (χ4v) is 1.74. The van der Waals surface area contributed by atoms with Gasteiger partial charge in [0, 0.05) is 19.7 Å². The Balaban J connectivity index is 2.50. The minimum absolute atomic E-state index is 0.411. The van der Waals surface area contributed by atoms with E-state index in [9.17, 15) is 9.59 Å². The Bertz CT molecular complexity index is 432. The van der Waals surface area contributed by atoms with Crippen molar-refractivity contribution in [3.8, 4) is 0 Å². The number of methoxy groups -OCH3 is 1. The molecule has 1 aliphatic rings. The number of hydrogen-bond acceptors (Lipinski definition) is 3. The molecule has 0 aliphatic carbocycles. The normalized spacial score (nSPS) is 24.8. The van der Waals surface area contributed by atoms with E-state index in [1.807, 2.05) is 6.07 Å². The summed E-state index contributed by atoms with van der Waals surface area (Å²) in [5, 5.41) is 2.55. The molecule has 1 aromatic carbocycles. The summed E-state index contributed by atoms with van der Waals surface area (Å²) < 4.78 is 5.21. The number of nitrogens with one attached hydrogen (secondary N) is 1. The van der Waals surface area contributed by atoms with Gasteiger partial charge in [0.05, 0.1) is 0 Å². The Labute approximate surface area is 93.0 Å². The average Bonchev–Trinajstić information content (AvgIpc) is 2.55. The zero-order chi connectivity index (χ0) is 11.8. The van der Waals surface area contributed by atoms with Crippen LogP contribution in [-0.4, -0.2) is 31.0 Å². The summed E-state index contributed by atoms with van der Waals surface area (Å²) in [6.07, 6.45) is 0. The molecule has 5 heteroatoms. The van der Waals surface area contributed by atoms with Gasteiger partial charge in [0.2, 0.25) is 5.72 Å². The standard InChI is InChI=1S/C11H12N2O3/c1-13-9(14)11(16-2,12-10(13)15)8-6-4-3-5-7-8/h3-7H,1-2H3,(H,12,15). The first kappa shape index (κ1) is 10.6. The molecule has 0 radical (unpaired) electrons. The number of ether oxygens (including phenoxy) is 1. The molecule has 0 bridgehead atoms. The lowest BCUT2D eigenvalue weighted by Crippen LogP contribution is -2.45. The molecule has 84 valence electrons. The summed E-state index contributed by atoms with van der Waals surface area (Å²) >= 11 is 0. The van der Waals surface area contributed by atoms with Gasteiger partial charge >= 0.3 is 6.03 Å². The van der Waals surface area contributed by atoms with Crippen molar-refractivity contribution in [2.75, 3.05) is 14.2 Å². The topological polar surface area (TPSA) is 58.6 Å². The lowest BCUT2D eigenvalue weighted by Gasteiger charge is -2.24. The van der Waals surface area contributed by atoms with Crippen molar-refractivity contribution in [3.05, 3.63) is 35.9 Å². The number of hydrogen-bond donors (Lipinski definition) is 1. The van der Waals surface area contributed by atoms with Crippen molar-refractivity contribution < 1.29 is 14.3 Å². The second-order valence-corrected chi connectivity index (χ2v) is 3.55. The highest BCUT2D eigenvalue weighted by Crippen LogP contribution is 2.28. The third-order valence-corrected chi connectivity index (χ3v) is 2.68. The second kappa shape index (κ2) is 3.61. The molecular formula is C11H12N2O3. The predicted molar refractivity (Wildman–Crippen MR) is 56.4 cm³/mol. The van der Waals surface area contributed by atoms with E-state index in [1.54, 1.807) is 24.3 Å². The largest absolute Gasteiger partial charge is 0.347 e. The van der Waals surface area contributed by atoms with E-state index in [1.165, 1.54) is 14.2 Å². The van der Waals surface area contributed by atoms with Crippen molar-refractivity contribution in [3.63, 3.8) is 0 Å². The maximum atomic E-state index is 12.0. The molecule has 16 heavy (non-hydrogen) atoms. The molecule has 1 saturated heterocycles. The van der Waals surface area contributed by atoms with Gasteiger partial charge in [0.25, 0.3) is 5.91 Å². The van der Waals surface area contributed by atoms with Crippen molar-refractivity contribution in [2.45, 2.75) is 5.72 Å². The first-order valence-electron chi connectivity index (χ1n) is 4.83. The van der Waals surface area contributed by atoms with E-state index in [0.29, 0.717) is 5.56 Å². The number of imide groups is 1. The fourth-order valence-electron chi connectivity index (χ4n) is 1.74. The number of nitrogens with zero attached hydrogens (tertiary/aromatic N) is 1. The van der Waals surface area contributed by atoms with Crippen LogP contribution in [0.1, 0.15) is 5.56 Å². The highest BCUT2D eigenvalue weighted by molar-refractivity contribution is 6.06. The quantitative estimate of drug-likeness (QED) is 0.745. The number of rotatable bonds is 2. The minimum atomic E-state index is -1.38. The lowest BCUT2D eigenvalue weighted by atomic mass is 10.0. The van der Waals surface area contributed by atoms with Crippen LogP contribution in [0.15, 0.2) is 30.3 Å². The zero-order valence-electron chi connectivity index (χ0n) is 9.06. The van der Waals surface area contributed by atoms with Crippen LogP contribution in [0.5, 0.6) is 0 Å². The molecule has 1 aliphatic heterocycles. The van der Waals surface area contributed by atoms with E-state index >= 15 is 0 Å². The van der Waals surface area contributed by atoms with Crippen LogP contribution in [0.25, 0.3) is 0 Å². The second-order valence-electron chi connectivity index (χ2n) is 3.55. The van der Waals surface area contributed by atoms with Crippen LogP contribution in [0, 0.1) is 0 Å². The minimum Gasteiger partial charge on any atom is -0.347 e. The molecule has 1 unspecified atom stereocenters. The van der Waals surface area contributed by atoms with E-state index in [4.69, 9.17) is 4.74 Å². The van der Waals surface area contributed by atoms with Crippen molar-refractivity contribution >= 4 is 11.9 Å². The number of amides is 3. The Hall–Kier alpha value is -1.88. The molecule has 2 rings (SSSR count). The number of carbonyl (C=O) groups is 2. The third-order valence-electron chi connectivity index (χ3n) is 2.68. The van der Waals surface area contributed by atoms with Gasteiger partial charge in [0.1, 0.15) is 0 Å². The fraction of sp³-hybridized carbons (Fsp3) is 0.273. The number of urea groups is 1. The molecular weight excluding hydrogens is 208 g/mol. The Morgan fingerprint density at radius 1 is 1.25 bits per heavy atom. The van der Waals surface area contributed by atoms with Gasteiger partial charge in [-0.3, -0.25) is 15.0 Å². The third kappa shape index (κ3) is 1.29. The van der Waals surface area contributed by atoms with Crippen LogP contribution in [0.3, 0.4) is 0 Å². The van der Waals surface area contributed by atoms with Gasteiger partial charge in [-0.2, -0.15) is 0 Å². The average molecular weight is 220 g/mol. The van der Waals surface area contributed by atoms with Crippen LogP contribution in [-0.2, 0) is 15.3 Å². The van der Waals surface area contributed by atoms with Crippen molar-refractivity contribution in [1.82, 2.24) is 10.2 Å². The molecule has 1 N–H and O–H groups in total. The van der Waals surface area contributed by atoms with Gasteiger partial charge in [-0.25, -0.2) is 4.79 Å². The van der Waals surface area contributed by atoms with Gasteiger partial charge in [0.15, 0.2) is 0 Å². The van der Waals surface area contributed by atoms with Crippen molar-refractivity contribution in [2.24, 2.45) is 0 Å². The number of carbonyl (C=O) groups excluding carboxylic acids is 2. The van der Waals surface area contributed by atoms with E-state index in [-0.39, 0.29) is 0 Å². The SMILES string of the molecule is COC1(c2ccccc2)NC(=O)N(C)C1=O. The summed E-state index contributed by atoms with van der Waals surface area (Å²) in [6.45, 7) is 0. The molecule has 1 fully saturated rings. The van der Waals surface area contributed by atoms with Gasteiger partial charge in [-0.15, -0.1) is 0 Å². The number of benzene rings is 1. The molecule has 3 amide bonds. The first-order valence-corrected chi connectivity index (χ1v) is 4.83. The summed E-state index contributed by atoms with van der Waals surface area (Å²) in [7, 11) is 2.81. The molecule has 0 spiro atoms. The van der Waals surface area contributed by atoms with Gasteiger partial charge in [-0.05, 0) is 0 Å². The first-order chi connectivity index (χ1) is 7.62. The smallest absolute Gasteiger partial charge is 0.326 e. The molecule has 0 saturated carbocycles. The van der Waals surface area contributed by atoms with Crippen molar-refractivity contribution in [1.29, 1.82) is 0 Å².